The third kappa shape index (κ3) is 3.78. The molecule has 0 saturated carbocycles. The summed E-state index contributed by atoms with van der Waals surface area (Å²) >= 11 is 1.64. The van der Waals surface area contributed by atoms with E-state index in [1.54, 1.807) is 11.3 Å². The van der Waals surface area contributed by atoms with Crippen LogP contribution in [0.2, 0.25) is 0 Å². The standard InChI is InChI=1S/C12H18N2O2S/c1-2-16-12(15)7-10-9-17-11(13-10)8-14-5-3-4-6-14/h9H,2-8H2,1H3. The van der Waals surface area contributed by atoms with E-state index in [9.17, 15) is 4.79 Å². The Morgan fingerprint density at radius 2 is 2.29 bits per heavy atom. The first-order valence-corrected chi connectivity index (χ1v) is 6.97. The Labute approximate surface area is 106 Å². The summed E-state index contributed by atoms with van der Waals surface area (Å²) in [5, 5.41) is 3.06. The number of carbonyl (C=O) groups excluding carboxylic acids is 1. The van der Waals surface area contributed by atoms with E-state index in [0.717, 1.165) is 17.2 Å². The Morgan fingerprint density at radius 1 is 1.53 bits per heavy atom. The SMILES string of the molecule is CCOC(=O)Cc1csc(CN2CCCC2)n1. The summed E-state index contributed by atoms with van der Waals surface area (Å²) < 4.78 is 4.90. The fraction of sp³-hybridized carbons (Fsp3) is 0.667. The number of ether oxygens (including phenoxy) is 1. The highest BCUT2D eigenvalue weighted by Crippen LogP contribution is 2.16. The lowest BCUT2D eigenvalue weighted by Crippen LogP contribution is -2.18. The van der Waals surface area contributed by atoms with Gasteiger partial charge in [0.1, 0.15) is 5.01 Å². The average Bonchev–Trinajstić information content (AvgIpc) is 2.91. The van der Waals surface area contributed by atoms with Crippen LogP contribution in [0, 0.1) is 0 Å². The van der Waals surface area contributed by atoms with E-state index in [1.807, 2.05) is 12.3 Å². The average molecular weight is 254 g/mol. The molecular weight excluding hydrogens is 236 g/mol. The second kappa shape index (κ2) is 6.12. The van der Waals surface area contributed by atoms with Crippen LogP contribution in [0.25, 0.3) is 0 Å². The monoisotopic (exact) mass is 254 g/mol. The molecule has 2 rings (SSSR count). The highest BCUT2D eigenvalue weighted by Gasteiger charge is 2.14. The third-order valence-electron chi connectivity index (χ3n) is 2.79. The molecular formula is C12H18N2O2S. The van der Waals surface area contributed by atoms with Crippen molar-refractivity contribution < 1.29 is 9.53 Å². The molecule has 0 radical (unpaired) electrons. The van der Waals surface area contributed by atoms with Gasteiger partial charge in [-0.3, -0.25) is 9.69 Å². The van der Waals surface area contributed by atoms with Gasteiger partial charge in [0.05, 0.1) is 25.3 Å². The minimum absolute atomic E-state index is 0.189. The Hall–Kier alpha value is -0.940. The smallest absolute Gasteiger partial charge is 0.311 e. The van der Waals surface area contributed by atoms with Gasteiger partial charge in [0.15, 0.2) is 0 Å². The van der Waals surface area contributed by atoms with Gasteiger partial charge in [0, 0.05) is 5.38 Å². The summed E-state index contributed by atoms with van der Waals surface area (Å²) in [6.07, 6.45) is 2.88. The predicted molar refractivity (Wildman–Crippen MR) is 67.0 cm³/mol. The van der Waals surface area contributed by atoms with Gasteiger partial charge >= 0.3 is 5.97 Å². The minimum atomic E-state index is -0.189. The van der Waals surface area contributed by atoms with Crippen molar-refractivity contribution >= 4 is 17.3 Å². The molecule has 0 atom stereocenters. The van der Waals surface area contributed by atoms with Crippen molar-refractivity contribution in [3.05, 3.63) is 16.1 Å². The second-order valence-corrected chi connectivity index (χ2v) is 5.14. The minimum Gasteiger partial charge on any atom is -0.466 e. The zero-order valence-electron chi connectivity index (χ0n) is 10.1. The molecule has 1 fully saturated rings. The van der Waals surface area contributed by atoms with Crippen molar-refractivity contribution in [1.29, 1.82) is 0 Å². The van der Waals surface area contributed by atoms with Crippen LogP contribution in [0.4, 0.5) is 0 Å². The molecule has 0 spiro atoms. The Kier molecular flexibility index (Phi) is 4.50. The maximum absolute atomic E-state index is 11.3. The number of esters is 1. The zero-order chi connectivity index (χ0) is 12.1. The second-order valence-electron chi connectivity index (χ2n) is 4.20. The van der Waals surface area contributed by atoms with E-state index < -0.39 is 0 Å². The van der Waals surface area contributed by atoms with Crippen LogP contribution in [0.15, 0.2) is 5.38 Å². The van der Waals surface area contributed by atoms with E-state index in [0.29, 0.717) is 13.0 Å². The summed E-state index contributed by atoms with van der Waals surface area (Å²) in [4.78, 5) is 18.2. The van der Waals surface area contributed by atoms with Gasteiger partial charge in [-0.05, 0) is 32.9 Å². The number of aromatic nitrogens is 1. The van der Waals surface area contributed by atoms with E-state index in [1.165, 1.54) is 25.9 Å². The molecule has 0 aromatic carbocycles. The molecule has 0 unspecified atom stereocenters. The highest BCUT2D eigenvalue weighted by molar-refractivity contribution is 7.09. The van der Waals surface area contributed by atoms with Crippen LogP contribution in [-0.4, -0.2) is 35.5 Å². The van der Waals surface area contributed by atoms with Crippen LogP contribution < -0.4 is 0 Å². The van der Waals surface area contributed by atoms with E-state index >= 15 is 0 Å². The third-order valence-corrected chi connectivity index (χ3v) is 3.67. The van der Waals surface area contributed by atoms with E-state index in [-0.39, 0.29) is 5.97 Å². The molecule has 0 N–H and O–H groups in total. The number of rotatable bonds is 5. The lowest BCUT2D eigenvalue weighted by atomic mass is 10.3. The number of hydrogen-bond donors (Lipinski definition) is 0. The molecule has 2 heterocycles. The molecule has 4 nitrogen and oxygen atoms in total. The molecule has 1 aliphatic heterocycles. The lowest BCUT2D eigenvalue weighted by Gasteiger charge is -2.11. The van der Waals surface area contributed by atoms with E-state index in [2.05, 4.69) is 9.88 Å². The number of likely N-dealkylation sites (tertiary alicyclic amines) is 1. The molecule has 1 aromatic heterocycles. The van der Waals surface area contributed by atoms with Crippen LogP contribution >= 0.6 is 11.3 Å². The highest BCUT2D eigenvalue weighted by atomic mass is 32.1. The summed E-state index contributed by atoms with van der Waals surface area (Å²) in [6.45, 7) is 5.52. The summed E-state index contributed by atoms with van der Waals surface area (Å²) in [5.41, 5.74) is 0.836. The summed E-state index contributed by atoms with van der Waals surface area (Å²) in [5.74, 6) is -0.189. The van der Waals surface area contributed by atoms with Gasteiger partial charge in [-0.1, -0.05) is 0 Å². The zero-order valence-corrected chi connectivity index (χ0v) is 11.0. The van der Waals surface area contributed by atoms with Gasteiger partial charge in [-0.15, -0.1) is 11.3 Å². The fourth-order valence-electron chi connectivity index (χ4n) is 1.99. The lowest BCUT2D eigenvalue weighted by molar-refractivity contribution is -0.142. The van der Waals surface area contributed by atoms with E-state index in [4.69, 9.17) is 4.74 Å². The van der Waals surface area contributed by atoms with Gasteiger partial charge < -0.3 is 4.74 Å². The van der Waals surface area contributed by atoms with Gasteiger partial charge in [0.2, 0.25) is 0 Å². The molecule has 17 heavy (non-hydrogen) atoms. The normalized spacial score (nSPS) is 16.3. The first-order valence-electron chi connectivity index (χ1n) is 6.09. The largest absolute Gasteiger partial charge is 0.466 e. The molecule has 5 heteroatoms. The first kappa shape index (κ1) is 12.5. The van der Waals surface area contributed by atoms with Crippen molar-refractivity contribution in [2.45, 2.75) is 32.7 Å². The van der Waals surface area contributed by atoms with Gasteiger partial charge in [-0.25, -0.2) is 4.98 Å². The first-order chi connectivity index (χ1) is 8.28. The maximum Gasteiger partial charge on any atom is 0.311 e. The quantitative estimate of drug-likeness (QED) is 0.752. The maximum atomic E-state index is 11.3. The Bertz CT molecular complexity index is 372. The Balaban J connectivity index is 1.84. The topological polar surface area (TPSA) is 42.4 Å². The van der Waals surface area contributed by atoms with Crippen LogP contribution in [0.5, 0.6) is 0 Å². The number of carbonyl (C=O) groups is 1. The van der Waals surface area contributed by atoms with Gasteiger partial charge in [-0.2, -0.15) is 0 Å². The number of thiazole rings is 1. The number of hydrogen-bond acceptors (Lipinski definition) is 5. The van der Waals surface area contributed by atoms with Crippen LogP contribution in [-0.2, 0) is 22.5 Å². The van der Waals surface area contributed by atoms with Crippen LogP contribution in [0.1, 0.15) is 30.5 Å². The summed E-state index contributed by atoms with van der Waals surface area (Å²) in [7, 11) is 0. The molecule has 0 amide bonds. The molecule has 0 aliphatic carbocycles. The number of nitrogens with zero attached hydrogens (tertiary/aromatic N) is 2. The summed E-state index contributed by atoms with van der Waals surface area (Å²) in [6, 6.07) is 0. The molecule has 1 aliphatic rings. The predicted octanol–water partition coefficient (Wildman–Crippen LogP) is 1.84. The molecule has 0 bridgehead atoms. The van der Waals surface area contributed by atoms with Crippen molar-refractivity contribution in [2.75, 3.05) is 19.7 Å². The fourth-order valence-corrected chi connectivity index (χ4v) is 2.83. The molecule has 94 valence electrons. The molecule has 1 aromatic rings. The van der Waals surface area contributed by atoms with Crippen molar-refractivity contribution in [1.82, 2.24) is 9.88 Å². The van der Waals surface area contributed by atoms with Crippen molar-refractivity contribution in [2.24, 2.45) is 0 Å². The van der Waals surface area contributed by atoms with Crippen LogP contribution in [0.3, 0.4) is 0 Å². The van der Waals surface area contributed by atoms with Gasteiger partial charge in [0.25, 0.3) is 0 Å². The molecule has 1 saturated heterocycles. The van der Waals surface area contributed by atoms with Crippen molar-refractivity contribution in [3.8, 4) is 0 Å². The van der Waals surface area contributed by atoms with Crippen molar-refractivity contribution in [3.63, 3.8) is 0 Å². The Morgan fingerprint density at radius 3 is 3.00 bits per heavy atom.